The summed E-state index contributed by atoms with van der Waals surface area (Å²) in [7, 11) is 0. The summed E-state index contributed by atoms with van der Waals surface area (Å²) in [6, 6.07) is 5.61. The molecule has 2 N–H and O–H groups in total. The van der Waals surface area contributed by atoms with E-state index >= 15 is 0 Å². The maximum absolute atomic E-state index is 5.86. The third-order valence-electron chi connectivity index (χ3n) is 2.18. The van der Waals surface area contributed by atoms with Crippen molar-refractivity contribution in [2.45, 2.75) is 20.0 Å². The molecule has 0 aliphatic rings. The van der Waals surface area contributed by atoms with Gasteiger partial charge in [0.2, 0.25) is 0 Å². The number of rotatable bonds is 3. The normalized spacial score (nSPS) is 10.8. The number of hydrogen-bond donors (Lipinski definition) is 1. The Balaban J connectivity index is 2.36. The first kappa shape index (κ1) is 12.0. The minimum absolute atomic E-state index is 0.0944. The Labute approximate surface area is 109 Å². The van der Waals surface area contributed by atoms with Crippen molar-refractivity contribution in [3.8, 4) is 11.4 Å². The first-order valence-electron chi connectivity index (χ1n) is 5.33. The average molecular weight is 296 g/mol. The van der Waals surface area contributed by atoms with E-state index in [1.165, 1.54) is 0 Å². The van der Waals surface area contributed by atoms with Crippen molar-refractivity contribution < 1.29 is 4.74 Å². The van der Waals surface area contributed by atoms with Crippen molar-refractivity contribution in [2.24, 2.45) is 0 Å². The summed E-state index contributed by atoms with van der Waals surface area (Å²) in [5.74, 6) is 0.684. The van der Waals surface area contributed by atoms with Crippen LogP contribution >= 0.6 is 15.9 Å². The smallest absolute Gasteiger partial charge is 0.144 e. The molecule has 1 heterocycles. The molecule has 0 aliphatic carbocycles. The highest BCUT2D eigenvalue weighted by molar-refractivity contribution is 9.10. The van der Waals surface area contributed by atoms with E-state index in [2.05, 4.69) is 21.0 Å². The van der Waals surface area contributed by atoms with Gasteiger partial charge >= 0.3 is 0 Å². The molecule has 0 unspecified atom stereocenters. The van der Waals surface area contributed by atoms with Crippen LogP contribution in [0.4, 0.5) is 5.69 Å². The van der Waals surface area contributed by atoms with Gasteiger partial charge in [0.15, 0.2) is 0 Å². The van der Waals surface area contributed by atoms with Gasteiger partial charge < -0.3 is 10.5 Å². The largest absolute Gasteiger partial charge is 0.489 e. The summed E-state index contributed by atoms with van der Waals surface area (Å²) in [6.07, 6.45) is 3.71. The second-order valence-electron chi connectivity index (χ2n) is 3.99. The van der Waals surface area contributed by atoms with Crippen molar-refractivity contribution in [1.29, 1.82) is 0 Å². The SMILES string of the molecule is CC(C)Oc1cc(-n2cc(Br)cn2)ccc1N. The van der Waals surface area contributed by atoms with Gasteiger partial charge in [0.05, 0.1) is 28.1 Å². The molecule has 0 fully saturated rings. The molecule has 90 valence electrons. The van der Waals surface area contributed by atoms with E-state index < -0.39 is 0 Å². The van der Waals surface area contributed by atoms with Crippen molar-refractivity contribution in [1.82, 2.24) is 9.78 Å². The summed E-state index contributed by atoms with van der Waals surface area (Å²) in [6.45, 7) is 3.94. The highest BCUT2D eigenvalue weighted by Crippen LogP contribution is 2.26. The molecule has 4 nitrogen and oxygen atoms in total. The topological polar surface area (TPSA) is 53.1 Å². The lowest BCUT2D eigenvalue weighted by Crippen LogP contribution is -2.08. The second-order valence-corrected chi connectivity index (χ2v) is 4.91. The number of anilines is 1. The lowest BCUT2D eigenvalue weighted by atomic mass is 10.2. The average Bonchev–Trinajstić information content (AvgIpc) is 2.67. The van der Waals surface area contributed by atoms with E-state index in [0.29, 0.717) is 11.4 Å². The highest BCUT2D eigenvalue weighted by Gasteiger charge is 2.06. The molecule has 0 spiro atoms. The lowest BCUT2D eigenvalue weighted by molar-refractivity contribution is 0.244. The molecule has 2 rings (SSSR count). The van der Waals surface area contributed by atoms with E-state index in [0.717, 1.165) is 10.2 Å². The standard InChI is InChI=1S/C12H14BrN3O/c1-8(2)17-12-5-10(3-4-11(12)14)16-7-9(13)6-15-16/h3-8H,14H2,1-2H3. The minimum atomic E-state index is 0.0944. The predicted octanol–water partition coefficient (Wildman–Crippen LogP) is 3.00. The van der Waals surface area contributed by atoms with Crippen molar-refractivity contribution in [2.75, 3.05) is 5.73 Å². The third-order valence-corrected chi connectivity index (χ3v) is 2.58. The van der Waals surface area contributed by atoms with E-state index in [1.54, 1.807) is 10.9 Å². The number of benzene rings is 1. The Morgan fingerprint density at radius 2 is 2.18 bits per heavy atom. The van der Waals surface area contributed by atoms with Gasteiger partial charge in [-0.3, -0.25) is 0 Å². The van der Waals surface area contributed by atoms with Crippen molar-refractivity contribution >= 4 is 21.6 Å². The van der Waals surface area contributed by atoms with E-state index in [1.807, 2.05) is 38.2 Å². The zero-order valence-electron chi connectivity index (χ0n) is 9.72. The number of hydrogen-bond acceptors (Lipinski definition) is 3. The molecule has 0 radical (unpaired) electrons. The van der Waals surface area contributed by atoms with Crippen LogP contribution in [-0.2, 0) is 0 Å². The van der Waals surface area contributed by atoms with Gasteiger partial charge in [-0.05, 0) is 41.9 Å². The van der Waals surface area contributed by atoms with Gasteiger partial charge in [-0.1, -0.05) is 0 Å². The molecule has 0 atom stereocenters. The van der Waals surface area contributed by atoms with Gasteiger partial charge in [0.25, 0.3) is 0 Å². The van der Waals surface area contributed by atoms with Crippen LogP contribution in [0.1, 0.15) is 13.8 Å². The number of nitrogens with zero attached hydrogens (tertiary/aromatic N) is 2. The van der Waals surface area contributed by atoms with Gasteiger partial charge in [0, 0.05) is 12.3 Å². The molecule has 0 bridgehead atoms. The molecule has 0 amide bonds. The van der Waals surface area contributed by atoms with Gasteiger partial charge in [0.1, 0.15) is 5.75 Å². The molecular weight excluding hydrogens is 282 g/mol. The van der Waals surface area contributed by atoms with Crippen LogP contribution in [0.3, 0.4) is 0 Å². The van der Waals surface area contributed by atoms with Crippen LogP contribution in [-0.4, -0.2) is 15.9 Å². The van der Waals surface area contributed by atoms with E-state index in [-0.39, 0.29) is 6.10 Å². The maximum atomic E-state index is 5.86. The molecule has 17 heavy (non-hydrogen) atoms. The Kier molecular flexibility index (Phi) is 3.38. The molecule has 0 saturated heterocycles. The summed E-state index contributed by atoms with van der Waals surface area (Å²) in [5.41, 5.74) is 7.41. The van der Waals surface area contributed by atoms with Gasteiger partial charge in [-0.15, -0.1) is 0 Å². The summed E-state index contributed by atoms with van der Waals surface area (Å²) < 4.78 is 8.33. The van der Waals surface area contributed by atoms with Crippen LogP contribution < -0.4 is 10.5 Å². The number of halogens is 1. The lowest BCUT2D eigenvalue weighted by Gasteiger charge is -2.13. The minimum Gasteiger partial charge on any atom is -0.489 e. The number of aromatic nitrogens is 2. The fraction of sp³-hybridized carbons (Fsp3) is 0.250. The van der Waals surface area contributed by atoms with Crippen LogP contribution in [0.5, 0.6) is 5.75 Å². The zero-order chi connectivity index (χ0) is 12.4. The van der Waals surface area contributed by atoms with Crippen LogP contribution in [0.2, 0.25) is 0 Å². The van der Waals surface area contributed by atoms with Gasteiger partial charge in [-0.2, -0.15) is 5.10 Å². The highest BCUT2D eigenvalue weighted by atomic mass is 79.9. The molecule has 0 aliphatic heterocycles. The van der Waals surface area contributed by atoms with E-state index in [9.17, 15) is 0 Å². The second kappa shape index (κ2) is 4.79. The summed E-state index contributed by atoms with van der Waals surface area (Å²) >= 11 is 3.36. The quantitative estimate of drug-likeness (QED) is 0.886. The van der Waals surface area contributed by atoms with Crippen LogP contribution in [0, 0.1) is 0 Å². The van der Waals surface area contributed by atoms with Crippen LogP contribution in [0.25, 0.3) is 5.69 Å². The molecule has 0 saturated carbocycles. The molecule has 2 aromatic rings. The Morgan fingerprint density at radius 3 is 2.76 bits per heavy atom. The molecule has 5 heteroatoms. The Hall–Kier alpha value is -1.49. The first-order chi connectivity index (χ1) is 8.06. The van der Waals surface area contributed by atoms with E-state index in [4.69, 9.17) is 10.5 Å². The van der Waals surface area contributed by atoms with Crippen molar-refractivity contribution in [3.05, 3.63) is 35.1 Å². The van der Waals surface area contributed by atoms with Gasteiger partial charge in [-0.25, -0.2) is 4.68 Å². The molecular formula is C12H14BrN3O. The predicted molar refractivity (Wildman–Crippen MR) is 71.4 cm³/mol. The fourth-order valence-electron chi connectivity index (χ4n) is 1.46. The monoisotopic (exact) mass is 295 g/mol. The Morgan fingerprint density at radius 1 is 1.41 bits per heavy atom. The summed E-state index contributed by atoms with van der Waals surface area (Å²) in [5, 5.41) is 4.21. The first-order valence-corrected chi connectivity index (χ1v) is 6.12. The maximum Gasteiger partial charge on any atom is 0.144 e. The third kappa shape index (κ3) is 2.79. The molecule has 1 aromatic carbocycles. The number of ether oxygens (including phenoxy) is 1. The molecule has 1 aromatic heterocycles. The Bertz CT molecular complexity index is 522. The number of nitrogen functional groups attached to an aromatic ring is 1. The summed E-state index contributed by atoms with van der Waals surface area (Å²) in [4.78, 5) is 0. The number of nitrogens with two attached hydrogens (primary N) is 1. The fourth-order valence-corrected chi connectivity index (χ4v) is 1.75. The van der Waals surface area contributed by atoms with Crippen LogP contribution in [0.15, 0.2) is 35.1 Å². The van der Waals surface area contributed by atoms with Crippen molar-refractivity contribution in [3.63, 3.8) is 0 Å². The zero-order valence-corrected chi connectivity index (χ0v) is 11.3.